The summed E-state index contributed by atoms with van der Waals surface area (Å²) in [5.74, 6) is 0.291. The van der Waals surface area contributed by atoms with E-state index in [1.165, 1.54) is 12.1 Å². The summed E-state index contributed by atoms with van der Waals surface area (Å²) in [5, 5.41) is 2.86. The molecule has 0 fully saturated rings. The zero-order chi connectivity index (χ0) is 17.2. The molecule has 0 saturated carbocycles. The first kappa shape index (κ1) is 16.3. The van der Waals surface area contributed by atoms with Gasteiger partial charge in [-0.25, -0.2) is 17.5 Å². The summed E-state index contributed by atoms with van der Waals surface area (Å²) in [5.41, 5.74) is 1.36. The molecule has 0 atom stereocenters. The second-order valence-electron chi connectivity index (χ2n) is 5.20. The molecule has 2 aromatic carbocycles. The number of guanidine groups is 1. The van der Waals surface area contributed by atoms with Crippen LogP contribution in [0.5, 0.6) is 5.75 Å². The highest BCUT2D eigenvalue weighted by atomic mass is 32.2. The van der Waals surface area contributed by atoms with Crippen molar-refractivity contribution in [2.75, 3.05) is 19.0 Å². The quantitative estimate of drug-likeness (QED) is 0.886. The number of rotatable bonds is 4. The molecule has 0 aliphatic carbocycles. The van der Waals surface area contributed by atoms with Gasteiger partial charge in [0.1, 0.15) is 16.5 Å². The highest BCUT2D eigenvalue weighted by Crippen LogP contribution is 2.25. The Morgan fingerprint density at radius 3 is 2.62 bits per heavy atom. The number of halogens is 1. The maximum absolute atomic E-state index is 13.2. The van der Waals surface area contributed by atoms with Gasteiger partial charge in [-0.2, -0.15) is 0 Å². The average Bonchev–Trinajstić information content (AvgIpc) is 2.56. The molecule has 0 spiro atoms. The lowest BCUT2D eigenvalue weighted by Gasteiger charge is -2.21. The van der Waals surface area contributed by atoms with E-state index in [4.69, 9.17) is 4.74 Å². The van der Waals surface area contributed by atoms with Gasteiger partial charge in [-0.3, -0.25) is 4.99 Å². The zero-order valence-corrected chi connectivity index (χ0v) is 13.7. The number of hydrogen-bond donors (Lipinski definition) is 2. The highest BCUT2D eigenvalue weighted by molar-refractivity contribution is 7.90. The first-order chi connectivity index (χ1) is 11.5. The molecule has 1 aliphatic rings. The fourth-order valence-electron chi connectivity index (χ4n) is 2.32. The maximum atomic E-state index is 13.2. The van der Waals surface area contributed by atoms with Crippen LogP contribution in [0.1, 0.15) is 5.56 Å². The Kier molecular flexibility index (Phi) is 4.39. The van der Waals surface area contributed by atoms with Crippen LogP contribution in [0.3, 0.4) is 0 Å². The van der Waals surface area contributed by atoms with Crippen molar-refractivity contribution in [1.82, 2.24) is 4.72 Å². The summed E-state index contributed by atoms with van der Waals surface area (Å²) in [7, 11) is -2.21. The van der Waals surface area contributed by atoms with E-state index < -0.39 is 15.8 Å². The standard InChI is InChI=1S/C16H16FN3O3S/c1-23-13-5-2-11(3-6-13)8-9-18-16-19-14-7-4-12(17)10-15(14)24(21,22)20-16/h2-7,10H,8-9H2,1H3,(H2,18,19,20). The molecule has 126 valence electrons. The van der Waals surface area contributed by atoms with Gasteiger partial charge < -0.3 is 10.1 Å². The minimum atomic E-state index is -3.82. The van der Waals surface area contributed by atoms with Crippen LogP contribution in [-0.2, 0) is 16.4 Å². The van der Waals surface area contributed by atoms with Crippen LogP contribution in [0.2, 0.25) is 0 Å². The van der Waals surface area contributed by atoms with Crippen molar-refractivity contribution in [1.29, 1.82) is 0 Å². The number of hydrogen-bond acceptors (Lipinski definition) is 4. The van der Waals surface area contributed by atoms with Crippen molar-refractivity contribution in [3.63, 3.8) is 0 Å². The number of methoxy groups -OCH3 is 1. The lowest BCUT2D eigenvalue weighted by atomic mass is 10.1. The third-order valence-corrected chi connectivity index (χ3v) is 4.93. The Morgan fingerprint density at radius 1 is 1.17 bits per heavy atom. The Morgan fingerprint density at radius 2 is 1.92 bits per heavy atom. The second-order valence-corrected chi connectivity index (χ2v) is 6.85. The molecule has 6 nitrogen and oxygen atoms in total. The average molecular weight is 349 g/mol. The number of sulfonamides is 1. The molecule has 1 heterocycles. The first-order valence-electron chi connectivity index (χ1n) is 7.25. The third-order valence-electron chi connectivity index (χ3n) is 3.55. The van der Waals surface area contributed by atoms with Crippen molar-refractivity contribution in [2.45, 2.75) is 11.3 Å². The monoisotopic (exact) mass is 349 g/mol. The molecule has 24 heavy (non-hydrogen) atoms. The van der Waals surface area contributed by atoms with Gasteiger partial charge in [0, 0.05) is 6.54 Å². The molecule has 0 aromatic heterocycles. The summed E-state index contributed by atoms with van der Waals surface area (Å²) in [6.07, 6.45) is 0.646. The zero-order valence-electron chi connectivity index (χ0n) is 12.9. The Labute approximate surface area is 139 Å². The lowest BCUT2D eigenvalue weighted by molar-refractivity contribution is 0.414. The molecule has 0 bridgehead atoms. The van der Waals surface area contributed by atoms with E-state index in [-0.39, 0.29) is 10.9 Å². The Hall–Kier alpha value is -2.61. The Balaban J connectivity index is 1.71. The molecule has 0 saturated heterocycles. The van der Waals surface area contributed by atoms with Gasteiger partial charge in [0.05, 0.1) is 12.8 Å². The van der Waals surface area contributed by atoms with Gasteiger partial charge in [0.25, 0.3) is 10.0 Å². The largest absolute Gasteiger partial charge is 0.497 e. The van der Waals surface area contributed by atoms with E-state index in [2.05, 4.69) is 15.0 Å². The summed E-state index contributed by atoms with van der Waals surface area (Å²) in [6.45, 7) is 0.397. The van der Waals surface area contributed by atoms with Gasteiger partial charge in [0.2, 0.25) is 5.96 Å². The number of nitrogens with one attached hydrogen (secondary N) is 2. The second kappa shape index (κ2) is 6.48. The van der Waals surface area contributed by atoms with Crippen LogP contribution in [0, 0.1) is 5.82 Å². The number of fused-ring (bicyclic) bond motifs is 1. The molecular formula is C16H16FN3O3S. The van der Waals surface area contributed by atoms with Gasteiger partial charge in [-0.1, -0.05) is 12.1 Å². The normalized spacial score (nSPS) is 16.8. The Bertz CT molecular complexity index is 880. The van der Waals surface area contributed by atoms with E-state index in [1.54, 1.807) is 7.11 Å². The van der Waals surface area contributed by atoms with E-state index >= 15 is 0 Å². The predicted octanol–water partition coefficient (Wildman–Crippen LogP) is 2.14. The summed E-state index contributed by atoms with van der Waals surface area (Å²) < 4.78 is 44.9. The first-order valence-corrected chi connectivity index (χ1v) is 8.73. The maximum Gasteiger partial charge on any atom is 0.266 e. The SMILES string of the molecule is COc1ccc(CCN=C2Nc3ccc(F)cc3S(=O)(=O)N2)cc1. The summed E-state index contributed by atoms with van der Waals surface area (Å²) in [4.78, 5) is 4.10. The third kappa shape index (κ3) is 3.48. The minimum Gasteiger partial charge on any atom is -0.497 e. The van der Waals surface area contributed by atoms with Crippen LogP contribution >= 0.6 is 0 Å². The van der Waals surface area contributed by atoms with Gasteiger partial charge in [0.15, 0.2) is 0 Å². The van der Waals surface area contributed by atoms with E-state index in [0.29, 0.717) is 18.7 Å². The summed E-state index contributed by atoms with van der Waals surface area (Å²) in [6, 6.07) is 11.1. The van der Waals surface area contributed by atoms with Gasteiger partial charge >= 0.3 is 0 Å². The molecule has 0 unspecified atom stereocenters. The number of ether oxygens (including phenoxy) is 1. The molecule has 0 radical (unpaired) electrons. The van der Waals surface area contributed by atoms with Crippen LogP contribution in [0.25, 0.3) is 0 Å². The number of anilines is 1. The lowest BCUT2D eigenvalue weighted by Crippen LogP contribution is -2.41. The van der Waals surface area contributed by atoms with Crippen LogP contribution < -0.4 is 14.8 Å². The molecule has 3 rings (SSSR count). The van der Waals surface area contributed by atoms with Crippen molar-refractivity contribution < 1.29 is 17.5 Å². The molecule has 0 amide bonds. The van der Waals surface area contributed by atoms with Crippen LogP contribution in [0.15, 0.2) is 52.4 Å². The topological polar surface area (TPSA) is 79.8 Å². The molecular weight excluding hydrogens is 333 g/mol. The van der Waals surface area contributed by atoms with Crippen LogP contribution in [-0.4, -0.2) is 28.0 Å². The predicted molar refractivity (Wildman–Crippen MR) is 89.3 cm³/mol. The van der Waals surface area contributed by atoms with Gasteiger partial charge in [-0.05, 0) is 42.3 Å². The van der Waals surface area contributed by atoms with E-state index in [9.17, 15) is 12.8 Å². The minimum absolute atomic E-state index is 0.127. The van der Waals surface area contributed by atoms with E-state index in [0.717, 1.165) is 17.4 Å². The van der Waals surface area contributed by atoms with Gasteiger partial charge in [-0.15, -0.1) is 0 Å². The highest BCUT2D eigenvalue weighted by Gasteiger charge is 2.26. The summed E-state index contributed by atoms with van der Waals surface area (Å²) >= 11 is 0. The van der Waals surface area contributed by atoms with Crippen LogP contribution in [0.4, 0.5) is 10.1 Å². The molecule has 2 N–H and O–H groups in total. The van der Waals surface area contributed by atoms with Crippen molar-refractivity contribution in [3.8, 4) is 5.75 Å². The fraction of sp³-hybridized carbons (Fsp3) is 0.188. The smallest absolute Gasteiger partial charge is 0.266 e. The number of nitrogens with zero attached hydrogens (tertiary/aromatic N) is 1. The molecule has 2 aromatic rings. The van der Waals surface area contributed by atoms with E-state index in [1.807, 2.05) is 24.3 Å². The molecule has 8 heteroatoms. The molecule has 1 aliphatic heterocycles. The fourth-order valence-corrected chi connectivity index (χ4v) is 3.47. The van der Waals surface area contributed by atoms with Crippen molar-refractivity contribution >= 4 is 21.7 Å². The number of aliphatic imine (C=N–C) groups is 1. The van der Waals surface area contributed by atoms with Crippen molar-refractivity contribution in [3.05, 3.63) is 53.8 Å². The van der Waals surface area contributed by atoms with Crippen molar-refractivity contribution in [2.24, 2.45) is 4.99 Å². The number of benzene rings is 2.